The molecule has 0 radical (unpaired) electrons. The van der Waals surface area contributed by atoms with Crippen molar-refractivity contribution in [3.05, 3.63) is 71.4 Å². The molecule has 0 aliphatic carbocycles. The number of para-hydroxylation sites is 1. The number of hydrogen-bond acceptors (Lipinski definition) is 3. The monoisotopic (exact) mass is 395 g/mol. The number of likely N-dealkylation sites (N-methyl/N-ethyl adjacent to an activating group) is 1. The summed E-state index contributed by atoms with van der Waals surface area (Å²) in [7, 11) is 1.81. The van der Waals surface area contributed by atoms with E-state index in [0.717, 1.165) is 35.3 Å². The zero-order valence-electron chi connectivity index (χ0n) is 15.7. The van der Waals surface area contributed by atoms with Gasteiger partial charge >= 0.3 is 0 Å². The molecule has 1 aliphatic heterocycles. The molecule has 0 spiro atoms. The van der Waals surface area contributed by atoms with E-state index in [2.05, 4.69) is 0 Å². The van der Waals surface area contributed by atoms with Crippen molar-refractivity contribution in [2.45, 2.75) is 25.5 Å². The van der Waals surface area contributed by atoms with E-state index >= 15 is 0 Å². The third-order valence-electron chi connectivity index (χ3n) is 4.92. The zero-order valence-corrected chi connectivity index (χ0v) is 16.5. The number of nitrogens with zero attached hydrogens (tertiary/aromatic N) is 3. The van der Waals surface area contributed by atoms with E-state index in [1.807, 2.05) is 72.5 Å². The van der Waals surface area contributed by atoms with Crippen molar-refractivity contribution in [3.63, 3.8) is 0 Å². The number of rotatable bonds is 5. The predicted octanol–water partition coefficient (Wildman–Crippen LogP) is 4.33. The molecule has 3 aromatic rings. The summed E-state index contributed by atoms with van der Waals surface area (Å²) < 4.78 is 7.40. The molecule has 1 saturated heterocycles. The van der Waals surface area contributed by atoms with E-state index in [1.54, 1.807) is 4.90 Å². The Morgan fingerprint density at radius 1 is 1.21 bits per heavy atom. The van der Waals surface area contributed by atoms with Gasteiger partial charge < -0.3 is 9.64 Å². The lowest BCUT2D eigenvalue weighted by Crippen LogP contribution is -2.35. The highest BCUT2D eigenvalue weighted by Crippen LogP contribution is 2.26. The minimum atomic E-state index is -0.326. The fourth-order valence-electron chi connectivity index (χ4n) is 3.44. The van der Waals surface area contributed by atoms with Gasteiger partial charge in [0, 0.05) is 42.5 Å². The van der Waals surface area contributed by atoms with Crippen LogP contribution in [0.5, 0.6) is 0 Å². The molecule has 2 aromatic carbocycles. The van der Waals surface area contributed by atoms with Gasteiger partial charge in [0.05, 0.1) is 11.4 Å². The largest absolute Gasteiger partial charge is 0.368 e. The Kier molecular flexibility index (Phi) is 5.46. The van der Waals surface area contributed by atoms with E-state index in [4.69, 9.17) is 21.4 Å². The van der Waals surface area contributed by atoms with Crippen LogP contribution in [0.2, 0.25) is 5.02 Å². The third-order valence-corrected chi connectivity index (χ3v) is 5.17. The topological polar surface area (TPSA) is 47.4 Å². The number of amides is 1. The highest BCUT2D eigenvalue weighted by atomic mass is 35.5. The van der Waals surface area contributed by atoms with Gasteiger partial charge in [-0.15, -0.1) is 0 Å². The van der Waals surface area contributed by atoms with Crippen LogP contribution < -0.4 is 0 Å². The van der Waals surface area contributed by atoms with Crippen LogP contribution in [-0.2, 0) is 16.1 Å². The first-order valence-corrected chi connectivity index (χ1v) is 9.76. The summed E-state index contributed by atoms with van der Waals surface area (Å²) in [5, 5.41) is 5.47. The summed E-state index contributed by atoms with van der Waals surface area (Å²) in [4.78, 5) is 14.4. The minimum Gasteiger partial charge on any atom is -0.368 e. The summed E-state index contributed by atoms with van der Waals surface area (Å²) in [6.45, 7) is 1.12. The van der Waals surface area contributed by atoms with E-state index in [-0.39, 0.29) is 12.0 Å². The Bertz CT molecular complexity index is 948. The summed E-state index contributed by atoms with van der Waals surface area (Å²) in [6, 6.07) is 17.5. The molecule has 1 atom stereocenters. The first-order valence-electron chi connectivity index (χ1n) is 9.38. The second kappa shape index (κ2) is 8.17. The van der Waals surface area contributed by atoms with Crippen molar-refractivity contribution in [2.24, 2.45) is 0 Å². The number of carbonyl (C=O) groups is 1. The summed E-state index contributed by atoms with van der Waals surface area (Å²) in [5.74, 6) is 0.0204. The molecule has 4 rings (SSSR count). The fourth-order valence-corrected chi connectivity index (χ4v) is 3.57. The molecule has 0 N–H and O–H groups in total. The Hall–Kier alpha value is -2.63. The van der Waals surface area contributed by atoms with Gasteiger partial charge in [0.1, 0.15) is 6.10 Å². The van der Waals surface area contributed by atoms with Crippen LogP contribution in [0.4, 0.5) is 0 Å². The van der Waals surface area contributed by atoms with Gasteiger partial charge in [-0.3, -0.25) is 4.79 Å². The van der Waals surface area contributed by atoms with Crippen molar-refractivity contribution < 1.29 is 9.53 Å². The van der Waals surface area contributed by atoms with Gasteiger partial charge in [0.15, 0.2) is 0 Å². The second-order valence-electron chi connectivity index (χ2n) is 6.99. The lowest BCUT2D eigenvalue weighted by Gasteiger charge is -2.20. The molecule has 6 heteroatoms. The Labute approximate surface area is 169 Å². The number of carbonyl (C=O) groups excluding carboxylic acids is 1. The molecule has 2 heterocycles. The van der Waals surface area contributed by atoms with Gasteiger partial charge in [-0.1, -0.05) is 41.9 Å². The number of benzene rings is 2. The van der Waals surface area contributed by atoms with Crippen LogP contribution in [0.1, 0.15) is 18.4 Å². The molecule has 1 amide bonds. The van der Waals surface area contributed by atoms with Gasteiger partial charge in [0.25, 0.3) is 5.91 Å². The Morgan fingerprint density at radius 2 is 1.96 bits per heavy atom. The highest BCUT2D eigenvalue weighted by Gasteiger charge is 2.27. The van der Waals surface area contributed by atoms with Gasteiger partial charge in [0.2, 0.25) is 0 Å². The predicted molar refractivity (Wildman–Crippen MR) is 109 cm³/mol. The molecular formula is C22H22ClN3O2. The molecule has 1 fully saturated rings. The van der Waals surface area contributed by atoms with Crippen molar-refractivity contribution >= 4 is 17.5 Å². The Balaban J connectivity index is 1.66. The highest BCUT2D eigenvalue weighted by molar-refractivity contribution is 6.30. The van der Waals surface area contributed by atoms with E-state index in [1.165, 1.54) is 0 Å². The van der Waals surface area contributed by atoms with Crippen LogP contribution in [-0.4, -0.2) is 40.3 Å². The summed E-state index contributed by atoms with van der Waals surface area (Å²) in [5.41, 5.74) is 3.75. The quantitative estimate of drug-likeness (QED) is 0.646. The van der Waals surface area contributed by atoms with Crippen LogP contribution in [0, 0.1) is 0 Å². The molecular weight excluding hydrogens is 374 g/mol. The third kappa shape index (κ3) is 3.96. The van der Waals surface area contributed by atoms with Gasteiger partial charge in [-0.25, -0.2) is 4.68 Å². The normalized spacial score (nSPS) is 16.3. The van der Waals surface area contributed by atoms with Crippen molar-refractivity contribution in [2.75, 3.05) is 13.7 Å². The molecule has 1 aliphatic rings. The van der Waals surface area contributed by atoms with Gasteiger partial charge in [-0.2, -0.15) is 5.10 Å². The van der Waals surface area contributed by atoms with Crippen LogP contribution >= 0.6 is 11.6 Å². The molecule has 28 heavy (non-hydrogen) atoms. The number of aromatic nitrogens is 2. The molecule has 0 saturated carbocycles. The average Bonchev–Trinajstić information content (AvgIpc) is 3.39. The lowest BCUT2D eigenvalue weighted by atomic mass is 10.1. The standard InChI is InChI=1S/C22H22ClN3O2/c1-25(22(27)20-8-5-13-28-20)14-17-15-26(19-6-3-2-4-7-19)24-21(17)16-9-11-18(23)12-10-16/h2-4,6-7,9-12,15,20H,5,8,13-14H2,1H3. The van der Waals surface area contributed by atoms with Gasteiger partial charge in [-0.05, 0) is 37.1 Å². The molecule has 5 nitrogen and oxygen atoms in total. The second-order valence-corrected chi connectivity index (χ2v) is 7.42. The number of hydrogen-bond donors (Lipinski definition) is 0. The van der Waals surface area contributed by atoms with Crippen molar-refractivity contribution in [1.29, 1.82) is 0 Å². The SMILES string of the molecule is CN(Cc1cn(-c2ccccc2)nc1-c1ccc(Cl)cc1)C(=O)C1CCCO1. The van der Waals surface area contributed by atoms with Crippen molar-refractivity contribution in [1.82, 2.24) is 14.7 Å². The van der Waals surface area contributed by atoms with Crippen LogP contribution in [0.15, 0.2) is 60.8 Å². The number of ether oxygens (including phenoxy) is 1. The first kappa shape index (κ1) is 18.7. The van der Waals surface area contributed by atoms with Crippen molar-refractivity contribution in [3.8, 4) is 16.9 Å². The number of halogens is 1. The van der Waals surface area contributed by atoms with E-state index in [0.29, 0.717) is 18.2 Å². The van der Waals surface area contributed by atoms with Crippen LogP contribution in [0.25, 0.3) is 16.9 Å². The smallest absolute Gasteiger partial charge is 0.251 e. The molecule has 144 valence electrons. The molecule has 1 unspecified atom stereocenters. The molecule has 0 bridgehead atoms. The Morgan fingerprint density at radius 3 is 2.64 bits per heavy atom. The first-order chi connectivity index (χ1) is 13.6. The lowest BCUT2D eigenvalue weighted by molar-refractivity contribution is -0.140. The average molecular weight is 396 g/mol. The van der Waals surface area contributed by atoms with E-state index < -0.39 is 0 Å². The zero-order chi connectivity index (χ0) is 19.5. The fraction of sp³-hybridized carbons (Fsp3) is 0.273. The maximum absolute atomic E-state index is 12.7. The summed E-state index contributed by atoms with van der Waals surface area (Å²) >= 11 is 6.05. The minimum absolute atomic E-state index is 0.0204. The maximum atomic E-state index is 12.7. The van der Waals surface area contributed by atoms with E-state index in [9.17, 15) is 4.79 Å². The van der Waals surface area contributed by atoms with Crippen LogP contribution in [0.3, 0.4) is 0 Å². The molecule has 1 aromatic heterocycles. The maximum Gasteiger partial charge on any atom is 0.251 e. The summed E-state index contributed by atoms with van der Waals surface area (Å²) in [6.07, 6.45) is 3.38.